The van der Waals surface area contributed by atoms with Crippen LogP contribution < -0.4 is 9.68 Å². The van der Waals surface area contributed by atoms with Gasteiger partial charge in [0.05, 0.1) is 0 Å². The average molecular weight is 236 g/mol. The van der Waals surface area contributed by atoms with E-state index in [2.05, 4.69) is 3.95 Å². The molecule has 2 nitrogen and oxygen atoms in total. The van der Waals surface area contributed by atoms with Crippen molar-refractivity contribution in [2.24, 2.45) is 5.73 Å². The van der Waals surface area contributed by atoms with Gasteiger partial charge in [-0.25, -0.2) is 0 Å². The minimum atomic E-state index is -1.40. The molecule has 0 saturated heterocycles. The van der Waals surface area contributed by atoms with Gasteiger partial charge in [0.15, 0.2) is 0 Å². The molecule has 3 N–H and O–H groups in total. The van der Waals surface area contributed by atoms with E-state index in [1.54, 1.807) is 0 Å². The quantitative estimate of drug-likeness (QED) is 0.695. The molecule has 0 aliphatic carbocycles. The van der Waals surface area contributed by atoms with Crippen molar-refractivity contribution in [3.63, 3.8) is 0 Å². The Bertz CT molecular complexity index is 42.7. The third kappa shape index (κ3) is 7.16. The normalized spacial score (nSPS) is 11.6. The summed E-state index contributed by atoms with van der Waals surface area (Å²) in [5, 5.41) is 0. The molecule has 0 aliphatic rings. The monoisotopic (exact) mass is 235 g/mol. The van der Waals surface area contributed by atoms with Crippen molar-refractivity contribution in [3.8, 4) is 0 Å². The van der Waals surface area contributed by atoms with Gasteiger partial charge in [-0.3, -0.25) is 0 Å². The second-order valence-electron chi connectivity index (χ2n) is 0.815. The van der Waals surface area contributed by atoms with Gasteiger partial charge in [0.25, 0.3) is 0 Å². The third-order valence-electron chi connectivity index (χ3n) is 0.308. The molecule has 0 spiro atoms. The Morgan fingerprint density at radius 1 is 1.57 bits per heavy atom. The summed E-state index contributed by atoms with van der Waals surface area (Å²) in [6.07, 6.45) is 0. The van der Waals surface area contributed by atoms with Crippen molar-refractivity contribution in [3.05, 3.63) is 0 Å². The first-order valence-corrected chi connectivity index (χ1v) is 6.44. The van der Waals surface area contributed by atoms with Crippen LogP contribution in [-0.4, -0.2) is 13.1 Å². The van der Waals surface area contributed by atoms with Gasteiger partial charge in [0.2, 0.25) is 0 Å². The summed E-state index contributed by atoms with van der Waals surface area (Å²) in [7, 11) is 10.7. The fraction of sp³-hybridized carbons (Fsp3) is 1.00. The fourth-order valence-corrected chi connectivity index (χ4v) is 1.33. The average Bonchev–Trinajstić information content (AvgIpc) is 1.61. The van der Waals surface area contributed by atoms with Gasteiger partial charge in [-0.2, -0.15) is 0 Å². The molecule has 0 amide bonds. The summed E-state index contributed by atoms with van der Waals surface area (Å²) in [4.78, 5) is 0. The maximum absolute atomic E-state index is 5.37. The second kappa shape index (κ2) is 5.30. The molecule has 0 bridgehead atoms. The predicted molar refractivity (Wildman–Crippen MR) is 28.8 cm³/mol. The van der Waals surface area contributed by atoms with Crippen LogP contribution in [0.1, 0.15) is 0 Å². The number of halogens is 2. The van der Waals surface area contributed by atoms with E-state index in [0.29, 0.717) is 13.1 Å². The summed E-state index contributed by atoms with van der Waals surface area (Å²) in [5.41, 5.74) is 5.12. The summed E-state index contributed by atoms with van der Waals surface area (Å²) >= 11 is -1.40. The second-order valence-corrected chi connectivity index (χ2v) is 5.73. The van der Waals surface area contributed by atoms with Gasteiger partial charge in [-0.1, -0.05) is 0 Å². The molecular weight excluding hydrogens is 229 g/mol. The van der Waals surface area contributed by atoms with Gasteiger partial charge >= 0.3 is 56.8 Å². The number of nitrogens with two attached hydrogens (primary N) is 1. The van der Waals surface area contributed by atoms with Crippen LogP contribution in [0.15, 0.2) is 0 Å². The molecule has 0 saturated carbocycles. The van der Waals surface area contributed by atoms with E-state index < -0.39 is 15.0 Å². The fourth-order valence-electron chi connectivity index (χ4n) is 0.105. The van der Waals surface area contributed by atoms with E-state index in [1.807, 2.05) is 0 Å². The Balaban J connectivity index is 2.68. The van der Waals surface area contributed by atoms with E-state index in [9.17, 15) is 0 Å². The molecule has 0 aliphatic heterocycles. The van der Waals surface area contributed by atoms with E-state index in [0.717, 1.165) is 0 Å². The van der Waals surface area contributed by atoms with Crippen LogP contribution in [0.25, 0.3) is 0 Å². The molecule has 0 aromatic carbocycles. The molecule has 0 aromatic rings. The molecule has 0 unspecified atom stereocenters. The number of nitrogens with one attached hydrogen (secondary N) is 1. The van der Waals surface area contributed by atoms with Crippen molar-refractivity contribution in [2.45, 2.75) is 0 Å². The first-order chi connectivity index (χ1) is 3.27. The summed E-state index contributed by atoms with van der Waals surface area (Å²) < 4.78 is 2.82. The Labute approximate surface area is 56.9 Å². The Kier molecular flexibility index (Phi) is 6.18. The number of hydrogen-bond acceptors (Lipinski definition) is 2. The maximum atomic E-state index is 5.37. The Morgan fingerprint density at radius 2 is 2.14 bits per heavy atom. The van der Waals surface area contributed by atoms with E-state index in [4.69, 9.17) is 24.8 Å². The molecule has 49 valence electrons. The third-order valence-corrected chi connectivity index (χ3v) is 2.11. The van der Waals surface area contributed by atoms with Crippen LogP contribution in [0.3, 0.4) is 0 Å². The predicted octanol–water partition coefficient (Wildman–Crippen LogP) is 0.375. The minimum absolute atomic E-state index is 0.595. The van der Waals surface area contributed by atoms with Crippen molar-refractivity contribution < 1.29 is 15.0 Å². The molecule has 0 rings (SSSR count). The zero-order chi connectivity index (χ0) is 5.70. The van der Waals surface area contributed by atoms with E-state index in [-0.39, 0.29) is 0 Å². The molecule has 7 heavy (non-hydrogen) atoms. The molecule has 0 fully saturated rings. The summed E-state index contributed by atoms with van der Waals surface area (Å²) in [6, 6.07) is 0. The zero-order valence-corrected chi connectivity index (χ0v) is 6.63. The molecular formula is C2H7Cl2N2Pd. The topological polar surface area (TPSA) is 38.0 Å². The van der Waals surface area contributed by atoms with Crippen molar-refractivity contribution >= 4 is 19.1 Å². The Hall–Kier alpha value is 1.16. The van der Waals surface area contributed by atoms with Gasteiger partial charge in [0, 0.05) is 0 Å². The van der Waals surface area contributed by atoms with Crippen LogP contribution >= 0.6 is 19.1 Å². The van der Waals surface area contributed by atoms with Gasteiger partial charge in [-0.15, -0.1) is 0 Å². The number of hydrogen-bond donors (Lipinski definition) is 2. The summed E-state index contributed by atoms with van der Waals surface area (Å²) in [6.45, 7) is 1.31. The van der Waals surface area contributed by atoms with E-state index in [1.165, 1.54) is 0 Å². The molecule has 0 heterocycles. The molecule has 0 aromatic heterocycles. The Morgan fingerprint density at radius 3 is 2.29 bits per heavy atom. The first kappa shape index (κ1) is 8.16. The molecule has 0 radical (unpaired) electrons. The SMILES string of the molecule is NCC[NH][Pd]([Cl])[Cl]. The number of rotatable bonds is 3. The van der Waals surface area contributed by atoms with Crippen LogP contribution in [-0.2, 0) is 15.0 Å². The van der Waals surface area contributed by atoms with Crippen LogP contribution in [0.5, 0.6) is 0 Å². The van der Waals surface area contributed by atoms with Crippen molar-refractivity contribution in [1.82, 2.24) is 3.95 Å². The van der Waals surface area contributed by atoms with Crippen LogP contribution in [0.2, 0.25) is 0 Å². The standard InChI is InChI=1S/C2H7N2.2ClH.Pd/c3-1-2-4;;;/h3H,1-2,4H2;2*1H;/q-1;;;+3/p-2. The van der Waals surface area contributed by atoms with Crippen LogP contribution in [0, 0.1) is 0 Å². The van der Waals surface area contributed by atoms with Gasteiger partial charge < -0.3 is 0 Å². The van der Waals surface area contributed by atoms with Gasteiger partial charge in [0.1, 0.15) is 0 Å². The first-order valence-electron chi connectivity index (χ1n) is 1.66. The van der Waals surface area contributed by atoms with Crippen LogP contribution in [0.4, 0.5) is 0 Å². The van der Waals surface area contributed by atoms with Gasteiger partial charge in [-0.05, 0) is 0 Å². The summed E-state index contributed by atoms with van der Waals surface area (Å²) in [5.74, 6) is 0. The van der Waals surface area contributed by atoms with E-state index >= 15 is 0 Å². The molecule has 5 heteroatoms. The van der Waals surface area contributed by atoms with Crippen molar-refractivity contribution in [2.75, 3.05) is 13.1 Å². The molecule has 0 atom stereocenters. The van der Waals surface area contributed by atoms with Crippen molar-refractivity contribution in [1.29, 1.82) is 0 Å². The zero-order valence-electron chi connectivity index (χ0n) is 3.56.